The molecule has 2 fully saturated rings. The Balaban J connectivity index is 0.000000389. The minimum Gasteiger partial charge on any atom is -0.340 e. The van der Waals surface area contributed by atoms with Crippen LogP contribution in [0, 0.1) is 5.92 Å². The zero-order chi connectivity index (χ0) is 19.6. The topological polar surface area (TPSA) is 69.7 Å². The highest BCUT2D eigenvalue weighted by molar-refractivity contribution is 5.53. The number of nitrogens with zero attached hydrogens (tertiary/aromatic N) is 4. The maximum atomic E-state index is 4.60. The second-order valence-corrected chi connectivity index (χ2v) is 7.19. The van der Waals surface area contributed by atoms with Crippen LogP contribution in [-0.4, -0.2) is 33.3 Å². The number of nitrogens with one attached hydrogen (secondary N) is 2. The number of anilines is 3. The van der Waals surface area contributed by atoms with Crippen LogP contribution in [0.1, 0.15) is 78.3 Å². The van der Waals surface area contributed by atoms with Crippen LogP contribution >= 0.6 is 0 Å². The number of hydrogen-bond acceptors (Lipinski definition) is 5. The molecule has 1 saturated heterocycles. The van der Waals surface area contributed by atoms with Gasteiger partial charge in [-0.05, 0) is 31.2 Å². The van der Waals surface area contributed by atoms with Gasteiger partial charge in [0.15, 0.2) is 5.82 Å². The first kappa shape index (κ1) is 21.2. The quantitative estimate of drug-likeness (QED) is 0.725. The van der Waals surface area contributed by atoms with E-state index in [0.717, 1.165) is 36.6 Å². The maximum Gasteiger partial charge on any atom is 0.227 e. The van der Waals surface area contributed by atoms with E-state index >= 15 is 0 Å². The Kier molecular flexibility index (Phi) is 8.55. The third kappa shape index (κ3) is 6.52. The van der Waals surface area contributed by atoms with Crippen molar-refractivity contribution >= 4 is 17.6 Å². The molecule has 1 aliphatic heterocycles. The number of hydrogen-bond donors (Lipinski definition) is 2. The SMILES string of the molecule is CC.CC1CCN(c2nccc(Nc3cc(C4CC4)[nH]n3)n2)C1.CCCC. The summed E-state index contributed by atoms with van der Waals surface area (Å²) in [5.41, 5.74) is 1.22. The van der Waals surface area contributed by atoms with E-state index in [0.29, 0.717) is 5.92 Å². The third-order valence-corrected chi connectivity index (χ3v) is 4.72. The molecule has 1 saturated carbocycles. The van der Waals surface area contributed by atoms with Crippen LogP contribution in [0.4, 0.5) is 17.6 Å². The number of unbranched alkanes of at least 4 members (excludes halogenated alkanes) is 1. The molecule has 150 valence electrons. The molecule has 6 nitrogen and oxygen atoms in total. The van der Waals surface area contributed by atoms with E-state index in [1.165, 1.54) is 37.8 Å². The molecule has 3 heterocycles. The molecule has 2 N–H and O–H groups in total. The molecule has 0 amide bonds. The molecular weight excluding hydrogens is 336 g/mol. The molecule has 0 aromatic carbocycles. The van der Waals surface area contributed by atoms with Gasteiger partial charge in [-0.15, -0.1) is 0 Å². The summed E-state index contributed by atoms with van der Waals surface area (Å²) < 4.78 is 0. The van der Waals surface area contributed by atoms with Crippen LogP contribution < -0.4 is 10.2 Å². The Hall–Kier alpha value is -2.11. The van der Waals surface area contributed by atoms with Gasteiger partial charge in [0.1, 0.15) is 5.82 Å². The van der Waals surface area contributed by atoms with Crippen molar-refractivity contribution in [1.29, 1.82) is 0 Å². The van der Waals surface area contributed by atoms with Crippen LogP contribution in [0.3, 0.4) is 0 Å². The van der Waals surface area contributed by atoms with Gasteiger partial charge in [-0.2, -0.15) is 10.1 Å². The fourth-order valence-electron chi connectivity index (χ4n) is 2.82. The monoisotopic (exact) mass is 372 g/mol. The third-order valence-electron chi connectivity index (χ3n) is 4.72. The van der Waals surface area contributed by atoms with Crippen LogP contribution in [0.5, 0.6) is 0 Å². The zero-order valence-electron chi connectivity index (χ0n) is 17.6. The summed E-state index contributed by atoms with van der Waals surface area (Å²) in [6, 6.07) is 3.96. The molecule has 1 atom stereocenters. The second-order valence-electron chi connectivity index (χ2n) is 7.19. The molecule has 1 unspecified atom stereocenters. The lowest BCUT2D eigenvalue weighted by Crippen LogP contribution is -2.21. The maximum absolute atomic E-state index is 4.60. The van der Waals surface area contributed by atoms with E-state index in [2.05, 4.69) is 57.2 Å². The van der Waals surface area contributed by atoms with Gasteiger partial charge in [0.2, 0.25) is 5.95 Å². The van der Waals surface area contributed by atoms with Crippen molar-refractivity contribution in [2.75, 3.05) is 23.3 Å². The largest absolute Gasteiger partial charge is 0.340 e. The average molecular weight is 373 g/mol. The first-order valence-corrected chi connectivity index (χ1v) is 10.6. The standard InChI is InChI=1S/C15H20N6.C4H10.C2H6/c1-10-5-7-21(9-10)15-16-6-4-13(18-15)17-14-8-12(19-20-14)11-2-3-11;1-3-4-2;1-2/h4,6,8,10-11H,2-3,5,7,9H2,1H3,(H2,16,17,18,19,20);3-4H2,1-2H3;1-2H3. The summed E-state index contributed by atoms with van der Waals surface area (Å²) >= 11 is 0. The summed E-state index contributed by atoms with van der Waals surface area (Å²) in [6.45, 7) is 12.7. The first-order valence-electron chi connectivity index (χ1n) is 10.6. The summed E-state index contributed by atoms with van der Waals surface area (Å²) in [6.07, 6.45) is 8.20. The fourth-order valence-corrected chi connectivity index (χ4v) is 2.82. The van der Waals surface area contributed by atoms with Crippen molar-refractivity contribution in [1.82, 2.24) is 20.2 Å². The average Bonchev–Trinajstić information content (AvgIpc) is 3.30. The van der Waals surface area contributed by atoms with Gasteiger partial charge in [0, 0.05) is 37.0 Å². The molecule has 0 radical (unpaired) electrons. The molecule has 27 heavy (non-hydrogen) atoms. The summed E-state index contributed by atoms with van der Waals surface area (Å²) in [4.78, 5) is 11.2. The van der Waals surface area contributed by atoms with Gasteiger partial charge in [-0.3, -0.25) is 5.10 Å². The lowest BCUT2D eigenvalue weighted by Gasteiger charge is -2.16. The first-order chi connectivity index (χ1) is 13.2. The van der Waals surface area contributed by atoms with Crippen molar-refractivity contribution < 1.29 is 0 Å². The molecule has 0 bridgehead atoms. The normalized spacial score (nSPS) is 18.3. The van der Waals surface area contributed by atoms with Crippen molar-refractivity contribution in [3.05, 3.63) is 24.0 Å². The van der Waals surface area contributed by atoms with Crippen LogP contribution in [0.15, 0.2) is 18.3 Å². The smallest absolute Gasteiger partial charge is 0.227 e. The molecule has 2 aromatic heterocycles. The fraction of sp³-hybridized carbons (Fsp3) is 0.667. The van der Waals surface area contributed by atoms with E-state index in [9.17, 15) is 0 Å². The lowest BCUT2D eigenvalue weighted by atomic mass is 10.2. The minimum atomic E-state index is 0.681. The number of rotatable bonds is 5. The lowest BCUT2D eigenvalue weighted by molar-refractivity contribution is 0.658. The molecule has 2 aromatic rings. The molecule has 1 aliphatic carbocycles. The minimum absolute atomic E-state index is 0.681. The van der Waals surface area contributed by atoms with Gasteiger partial charge in [0.05, 0.1) is 0 Å². The number of aromatic nitrogens is 4. The zero-order valence-corrected chi connectivity index (χ0v) is 17.6. The predicted molar refractivity (Wildman–Crippen MR) is 114 cm³/mol. The molecular formula is C21H36N6. The highest BCUT2D eigenvalue weighted by Gasteiger charge is 2.25. The molecule has 4 rings (SSSR count). The molecule has 0 spiro atoms. The number of H-pyrrole nitrogens is 1. The Bertz CT molecular complexity index is 662. The van der Waals surface area contributed by atoms with E-state index in [-0.39, 0.29) is 0 Å². The number of aromatic amines is 1. The summed E-state index contributed by atoms with van der Waals surface area (Å²) in [5.74, 6) is 3.84. The second kappa shape index (κ2) is 10.9. The Labute approximate surface area is 164 Å². The molecule has 6 heteroatoms. The van der Waals surface area contributed by atoms with Crippen LogP contribution in [0.25, 0.3) is 0 Å². The van der Waals surface area contributed by atoms with Crippen molar-refractivity contribution in [3.8, 4) is 0 Å². The Morgan fingerprint density at radius 1 is 1.15 bits per heavy atom. The summed E-state index contributed by atoms with van der Waals surface area (Å²) in [7, 11) is 0. The van der Waals surface area contributed by atoms with E-state index in [1.54, 1.807) is 0 Å². The van der Waals surface area contributed by atoms with Crippen LogP contribution in [-0.2, 0) is 0 Å². The van der Waals surface area contributed by atoms with Crippen molar-refractivity contribution in [2.45, 2.75) is 72.6 Å². The van der Waals surface area contributed by atoms with Gasteiger partial charge >= 0.3 is 0 Å². The van der Waals surface area contributed by atoms with E-state index in [4.69, 9.17) is 0 Å². The van der Waals surface area contributed by atoms with E-state index < -0.39 is 0 Å². The Morgan fingerprint density at radius 3 is 2.48 bits per heavy atom. The highest BCUT2D eigenvalue weighted by Crippen LogP contribution is 2.39. The van der Waals surface area contributed by atoms with Gasteiger partial charge in [-0.25, -0.2) is 4.98 Å². The van der Waals surface area contributed by atoms with Crippen LogP contribution in [0.2, 0.25) is 0 Å². The highest BCUT2D eigenvalue weighted by atomic mass is 15.3. The predicted octanol–water partition coefficient (Wildman–Crippen LogP) is 5.50. The van der Waals surface area contributed by atoms with Crippen molar-refractivity contribution in [2.24, 2.45) is 5.92 Å². The Morgan fingerprint density at radius 2 is 1.89 bits per heavy atom. The van der Waals surface area contributed by atoms with Gasteiger partial charge < -0.3 is 10.2 Å². The summed E-state index contributed by atoms with van der Waals surface area (Å²) in [5, 5.41) is 10.7. The van der Waals surface area contributed by atoms with Gasteiger partial charge in [-0.1, -0.05) is 47.5 Å². The molecule has 2 aliphatic rings. The van der Waals surface area contributed by atoms with E-state index in [1.807, 2.05) is 26.1 Å². The van der Waals surface area contributed by atoms with Crippen molar-refractivity contribution in [3.63, 3.8) is 0 Å². The van der Waals surface area contributed by atoms with Gasteiger partial charge in [0.25, 0.3) is 0 Å².